The maximum atomic E-state index is 13.3. The van der Waals surface area contributed by atoms with Crippen molar-refractivity contribution in [2.75, 3.05) is 13.1 Å². The van der Waals surface area contributed by atoms with Crippen molar-refractivity contribution in [1.82, 2.24) is 9.47 Å². The van der Waals surface area contributed by atoms with Crippen molar-refractivity contribution in [3.63, 3.8) is 0 Å². The van der Waals surface area contributed by atoms with Crippen molar-refractivity contribution >= 4 is 16.9 Å². The summed E-state index contributed by atoms with van der Waals surface area (Å²) < 4.78 is 13.4. The molecule has 1 fully saturated rings. The van der Waals surface area contributed by atoms with Crippen LogP contribution in [0.2, 0.25) is 0 Å². The number of amides is 1. The molecule has 166 valence electrons. The number of benzene rings is 1. The van der Waals surface area contributed by atoms with Gasteiger partial charge < -0.3 is 18.6 Å². The van der Waals surface area contributed by atoms with Crippen LogP contribution in [0, 0.1) is 19.8 Å². The van der Waals surface area contributed by atoms with E-state index in [1.165, 1.54) is 6.07 Å². The summed E-state index contributed by atoms with van der Waals surface area (Å²) in [6, 6.07) is 10.5. The highest BCUT2D eigenvalue weighted by atomic mass is 16.5. The number of carbonyl (C=O) groups excluding carboxylic acids is 1. The van der Waals surface area contributed by atoms with E-state index < -0.39 is 11.7 Å². The summed E-state index contributed by atoms with van der Waals surface area (Å²) in [6.07, 6.45) is 0.298. The van der Waals surface area contributed by atoms with Gasteiger partial charge in [0.25, 0.3) is 11.5 Å². The van der Waals surface area contributed by atoms with Crippen LogP contribution >= 0.6 is 0 Å². The first-order valence-corrected chi connectivity index (χ1v) is 11.0. The Morgan fingerprint density at radius 2 is 1.94 bits per heavy atom. The molecule has 7 nitrogen and oxygen atoms in total. The zero-order valence-corrected chi connectivity index (χ0v) is 18.5. The number of nitrogens with zero attached hydrogens (tertiary/aromatic N) is 2. The van der Waals surface area contributed by atoms with Gasteiger partial charge in [-0.25, -0.2) is 4.79 Å². The molecule has 0 N–H and O–H groups in total. The lowest BCUT2D eigenvalue weighted by Crippen LogP contribution is -2.52. The van der Waals surface area contributed by atoms with Crippen molar-refractivity contribution in [1.29, 1.82) is 0 Å². The molecule has 3 atom stereocenters. The fourth-order valence-corrected chi connectivity index (χ4v) is 5.24. The molecule has 7 heteroatoms. The molecule has 5 rings (SSSR count). The highest BCUT2D eigenvalue weighted by Crippen LogP contribution is 2.36. The number of ether oxygens (including phenoxy) is 1. The first-order chi connectivity index (χ1) is 15.3. The van der Waals surface area contributed by atoms with Gasteiger partial charge in [0, 0.05) is 43.4 Å². The van der Waals surface area contributed by atoms with Crippen molar-refractivity contribution in [2.45, 2.75) is 45.8 Å². The summed E-state index contributed by atoms with van der Waals surface area (Å²) >= 11 is 0. The lowest BCUT2D eigenvalue weighted by atomic mass is 9.83. The average Bonchev–Trinajstić information content (AvgIpc) is 2.73. The fourth-order valence-electron chi connectivity index (χ4n) is 5.24. The van der Waals surface area contributed by atoms with Crippen molar-refractivity contribution in [3.05, 3.63) is 74.0 Å². The van der Waals surface area contributed by atoms with Crippen molar-refractivity contribution in [2.24, 2.45) is 5.92 Å². The van der Waals surface area contributed by atoms with Crippen LogP contribution in [0.5, 0.6) is 5.75 Å². The number of likely N-dealkylation sites (tertiary alicyclic amines) is 1. The number of aryl methyl sites for hydroxylation is 2. The molecule has 3 aromatic rings. The zero-order valence-electron chi connectivity index (χ0n) is 18.5. The van der Waals surface area contributed by atoms with Crippen LogP contribution in [-0.4, -0.2) is 34.6 Å². The van der Waals surface area contributed by atoms with Crippen molar-refractivity contribution < 1.29 is 13.9 Å². The van der Waals surface area contributed by atoms with Crippen LogP contribution in [0.1, 0.15) is 36.1 Å². The van der Waals surface area contributed by atoms with Crippen LogP contribution in [-0.2, 0) is 11.3 Å². The number of carbonyl (C=O) groups is 1. The molecular formula is C25H26N2O5. The summed E-state index contributed by atoms with van der Waals surface area (Å²) in [6.45, 7) is 7.33. The summed E-state index contributed by atoms with van der Waals surface area (Å²) in [4.78, 5) is 39.2. The fraction of sp³-hybridized carbons (Fsp3) is 0.400. The van der Waals surface area contributed by atoms with E-state index in [2.05, 4.69) is 0 Å². The monoisotopic (exact) mass is 434 g/mol. The Labute approximate surface area is 185 Å². The third kappa shape index (κ3) is 3.51. The minimum Gasteiger partial charge on any atom is -0.480 e. The maximum Gasteiger partial charge on any atom is 0.336 e. The van der Waals surface area contributed by atoms with Gasteiger partial charge in [0.15, 0.2) is 6.10 Å². The molecule has 0 radical (unpaired) electrons. The Hall–Kier alpha value is -3.35. The molecule has 2 bridgehead atoms. The van der Waals surface area contributed by atoms with E-state index in [1.807, 2.05) is 35.4 Å². The normalized spacial score (nSPS) is 20.7. The number of hydrogen-bond donors (Lipinski definition) is 0. The van der Waals surface area contributed by atoms with Gasteiger partial charge in [-0.05, 0) is 62.4 Å². The first-order valence-electron chi connectivity index (χ1n) is 11.0. The van der Waals surface area contributed by atoms with Gasteiger partial charge in [-0.2, -0.15) is 0 Å². The number of aromatic nitrogens is 1. The topological polar surface area (TPSA) is 81.8 Å². The second-order valence-electron chi connectivity index (χ2n) is 9.09. The summed E-state index contributed by atoms with van der Waals surface area (Å²) in [5, 5.41) is 0.707. The number of piperidine rings is 1. The van der Waals surface area contributed by atoms with Gasteiger partial charge in [-0.1, -0.05) is 6.07 Å². The molecule has 1 amide bonds. The Balaban J connectivity index is 1.40. The highest BCUT2D eigenvalue weighted by molar-refractivity contribution is 5.88. The predicted molar refractivity (Wildman–Crippen MR) is 120 cm³/mol. The van der Waals surface area contributed by atoms with E-state index in [-0.39, 0.29) is 23.3 Å². The Morgan fingerprint density at radius 3 is 2.75 bits per heavy atom. The van der Waals surface area contributed by atoms with E-state index in [1.54, 1.807) is 25.1 Å². The van der Waals surface area contributed by atoms with Gasteiger partial charge >= 0.3 is 5.63 Å². The van der Waals surface area contributed by atoms with Gasteiger partial charge in [-0.15, -0.1) is 0 Å². The largest absolute Gasteiger partial charge is 0.480 e. The maximum absolute atomic E-state index is 13.3. The lowest BCUT2D eigenvalue weighted by Gasteiger charge is -2.43. The van der Waals surface area contributed by atoms with E-state index in [0.29, 0.717) is 36.4 Å². The molecule has 0 saturated carbocycles. The molecular weight excluding hydrogens is 408 g/mol. The minimum atomic E-state index is -0.692. The number of rotatable bonds is 3. The Kier molecular flexibility index (Phi) is 4.92. The zero-order chi connectivity index (χ0) is 22.6. The predicted octanol–water partition coefficient (Wildman–Crippen LogP) is 2.98. The summed E-state index contributed by atoms with van der Waals surface area (Å²) in [5.74, 6) is 0.880. The molecule has 2 aliphatic rings. The Bertz CT molecular complexity index is 1340. The lowest BCUT2D eigenvalue weighted by molar-refractivity contribution is -0.140. The molecule has 1 saturated heterocycles. The van der Waals surface area contributed by atoms with Gasteiger partial charge in [0.05, 0.1) is 5.39 Å². The van der Waals surface area contributed by atoms with Crippen molar-refractivity contribution in [3.8, 4) is 5.75 Å². The Morgan fingerprint density at radius 1 is 1.12 bits per heavy atom. The molecule has 2 aromatic heterocycles. The van der Waals surface area contributed by atoms with E-state index in [0.717, 1.165) is 23.2 Å². The van der Waals surface area contributed by atoms with Crippen LogP contribution in [0.25, 0.3) is 11.0 Å². The second kappa shape index (κ2) is 7.65. The van der Waals surface area contributed by atoms with Gasteiger partial charge in [0.1, 0.15) is 11.3 Å². The summed E-state index contributed by atoms with van der Waals surface area (Å²) in [5.41, 5.74) is 2.72. The minimum absolute atomic E-state index is 0.0297. The smallest absolute Gasteiger partial charge is 0.336 e. The molecule has 0 unspecified atom stereocenters. The molecule has 1 aromatic carbocycles. The third-order valence-electron chi connectivity index (χ3n) is 6.59. The van der Waals surface area contributed by atoms with Gasteiger partial charge in [-0.3, -0.25) is 9.59 Å². The molecule has 32 heavy (non-hydrogen) atoms. The van der Waals surface area contributed by atoms with Gasteiger partial charge in [0.2, 0.25) is 0 Å². The van der Waals surface area contributed by atoms with Crippen LogP contribution in [0.3, 0.4) is 0 Å². The number of pyridine rings is 1. The molecule has 4 heterocycles. The van der Waals surface area contributed by atoms with E-state index >= 15 is 0 Å². The molecule has 0 spiro atoms. The number of hydrogen-bond acceptors (Lipinski definition) is 5. The second-order valence-corrected chi connectivity index (χ2v) is 9.09. The standard InChI is InChI=1S/C25H26N2O5/c1-14-7-20(24-15(2)9-23(29)32-21(24)8-14)31-16(3)25(30)26-11-17-10-18(13-26)19-5-4-6-22(28)27(19)12-17/h4-9,16-18H,10-13H2,1-3H3/t16-,17+,18-/m1/s1. The van der Waals surface area contributed by atoms with Crippen LogP contribution in [0.15, 0.2) is 50.4 Å². The number of fused-ring (bicyclic) bond motifs is 5. The quantitative estimate of drug-likeness (QED) is 0.592. The van der Waals surface area contributed by atoms with Crippen LogP contribution < -0.4 is 15.9 Å². The third-order valence-corrected chi connectivity index (χ3v) is 6.59. The first kappa shape index (κ1) is 20.5. The summed E-state index contributed by atoms with van der Waals surface area (Å²) in [7, 11) is 0. The van der Waals surface area contributed by atoms with Crippen LogP contribution in [0.4, 0.5) is 0 Å². The molecule has 2 aliphatic heterocycles. The average molecular weight is 434 g/mol. The SMILES string of the molecule is Cc1cc(O[C@H](C)C(=O)N2C[C@@H]3C[C@H](C2)c2cccc(=O)n2C3)c2c(C)cc(=O)oc2c1. The van der Waals surface area contributed by atoms with E-state index in [4.69, 9.17) is 9.15 Å². The molecule has 0 aliphatic carbocycles. The highest BCUT2D eigenvalue weighted by Gasteiger charge is 2.37. The van der Waals surface area contributed by atoms with E-state index in [9.17, 15) is 14.4 Å².